The van der Waals surface area contributed by atoms with E-state index in [4.69, 9.17) is 44.7 Å². The number of halogens is 2. The van der Waals surface area contributed by atoms with Crippen LogP contribution in [-0.2, 0) is 0 Å². The molecule has 0 saturated carbocycles. The molecule has 20 heavy (non-hydrogen) atoms. The van der Waals surface area contributed by atoms with Crippen LogP contribution in [-0.4, -0.2) is 10.2 Å². The summed E-state index contributed by atoms with van der Waals surface area (Å²) in [5, 5.41) is 22.1. The quantitative estimate of drug-likeness (QED) is 0.234. The number of nitrogen functional groups attached to an aromatic ring is 1. The Morgan fingerprint density at radius 1 is 1.00 bits per heavy atom. The third kappa shape index (κ3) is 4.78. The SMILES string of the molecule is Nc1cc(Cl)ccc1O.[N-]=[N+]=Nc1cc(Cl)ccc1O. The minimum absolute atomic E-state index is 0.0689. The Hall–Kier alpha value is -2.27. The van der Waals surface area contributed by atoms with Crippen LogP contribution < -0.4 is 5.73 Å². The largest absolute Gasteiger partial charge is 0.507 e. The third-order valence-electron chi connectivity index (χ3n) is 2.08. The van der Waals surface area contributed by atoms with Crippen LogP contribution in [0.25, 0.3) is 10.4 Å². The van der Waals surface area contributed by atoms with Crippen LogP contribution in [0, 0.1) is 0 Å². The van der Waals surface area contributed by atoms with Gasteiger partial charge in [-0.1, -0.05) is 28.3 Å². The van der Waals surface area contributed by atoms with Crippen LogP contribution in [0.2, 0.25) is 10.0 Å². The number of rotatable bonds is 1. The van der Waals surface area contributed by atoms with Gasteiger partial charge >= 0.3 is 0 Å². The molecule has 104 valence electrons. The second kappa shape index (κ2) is 7.35. The van der Waals surface area contributed by atoms with E-state index in [0.717, 1.165) is 0 Å². The fourth-order valence-corrected chi connectivity index (χ4v) is 1.50. The van der Waals surface area contributed by atoms with Crippen molar-refractivity contribution in [1.29, 1.82) is 0 Å². The van der Waals surface area contributed by atoms with Crippen LogP contribution in [0.15, 0.2) is 41.5 Å². The highest BCUT2D eigenvalue weighted by Crippen LogP contribution is 2.29. The first-order valence-electron chi connectivity index (χ1n) is 5.21. The summed E-state index contributed by atoms with van der Waals surface area (Å²) in [5.41, 5.74) is 13.8. The van der Waals surface area contributed by atoms with Crippen molar-refractivity contribution in [2.24, 2.45) is 5.11 Å². The van der Waals surface area contributed by atoms with E-state index >= 15 is 0 Å². The normalized spacial score (nSPS) is 9.10. The number of hydrogen-bond donors (Lipinski definition) is 3. The number of phenolic OH excluding ortho intramolecular Hbond substituents is 2. The first-order valence-corrected chi connectivity index (χ1v) is 5.97. The molecule has 0 aromatic heterocycles. The van der Waals surface area contributed by atoms with Gasteiger partial charge in [0.25, 0.3) is 0 Å². The van der Waals surface area contributed by atoms with E-state index in [1.165, 1.54) is 30.3 Å². The van der Waals surface area contributed by atoms with Gasteiger partial charge in [-0.25, -0.2) is 0 Å². The molecule has 0 spiro atoms. The number of phenols is 2. The molecule has 2 aromatic carbocycles. The van der Waals surface area contributed by atoms with E-state index in [2.05, 4.69) is 10.0 Å². The van der Waals surface area contributed by atoms with Gasteiger partial charge in [0.05, 0.1) is 11.4 Å². The molecule has 0 amide bonds. The van der Waals surface area contributed by atoms with Crippen LogP contribution >= 0.6 is 23.2 Å². The number of nitrogens with zero attached hydrogens (tertiary/aromatic N) is 3. The summed E-state index contributed by atoms with van der Waals surface area (Å²) in [5.74, 6) is -0.00778. The van der Waals surface area contributed by atoms with E-state index in [-0.39, 0.29) is 17.2 Å². The topological polar surface area (TPSA) is 115 Å². The van der Waals surface area contributed by atoms with E-state index < -0.39 is 0 Å². The number of hydrogen-bond acceptors (Lipinski definition) is 4. The molecular formula is C12H10Cl2N4O2. The second-order valence-corrected chi connectivity index (χ2v) is 4.40. The molecule has 8 heteroatoms. The molecule has 0 fully saturated rings. The molecule has 6 nitrogen and oxygen atoms in total. The minimum atomic E-state index is -0.0767. The predicted molar refractivity (Wildman–Crippen MR) is 79.5 cm³/mol. The molecule has 0 aliphatic rings. The monoisotopic (exact) mass is 312 g/mol. The smallest absolute Gasteiger partial charge is 0.138 e. The van der Waals surface area contributed by atoms with Crippen LogP contribution in [0.4, 0.5) is 11.4 Å². The lowest BCUT2D eigenvalue weighted by molar-refractivity contribution is 0.476. The van der Waals surface area contributed by atoms with Gasteiger partial charge in [0.2, 0.25) is 0 Å². The van der Waals surface area contributed by atoms with Crippen molar-refractivity contribution >= 4 is 34.6 Å². The van der Waals surface area contributed by atoms with Crippen molar-refractivity contribution in [2.45, 2.75) is 0 Å². The Morgan fingerprint density at radius 2 is 1.55 bits per heavy atom. The maximum Gasteiger partial charge on any atom is 0.138 e. The molecular weight excluding hydrogens is 303 g/mol. The summed E-state index contributed by atoms with van der Waals surface area (Å²) in [4.78, 5) is 2.51. The molecule has 2 rings (SSSR count). The second-order valence-electron chi connectivity index (χ2n) is 3.53. The fourth-order valence-electron chi connectivity index (χ4n) is 1.15. The van der Waals surface area contributed by atoms with E-state index in [1.807, 2.05) is 0 Å². The zero-order valence-corrected chi connectivity index (χ0v) is 11.5. The summed E-state index contributed by atoms with van der Waals surface area (Å²) in [6, 6.07) is 8.79. The molecule has 0 heterocycles. The summed E-state index contributed by atoms with van der Waals surface area (Å²) in [6.07, 6.45) is 0. The molecule has 0 bridgehead atoms. The number of benzene rings is 2. The highest BCUT2D eigenvalue weighted by Gasteiger charge is 1.97. The van der Waals surface area contributed by atoms with Crippen molar-refractivity contribution in [3.05, 3.63) is 56.9 Å². The van der Waals surface area contributed by atoms with Gasteiger partial charge in [0.1, 0.15) is 11.5 Å². The molecule has 0 unspecified atom stereocenters. The van der Waals surface area contributed by atoms with Gasteiger partial charge in [0, 0.05) is 15.0 Å². The highest BCUT2D eigenvalue weighted by atomic mass is 35.5. The van der Waals surface area contributed by atoms with Crippen LogP contribution in [0.5, 0.6) is 11.5 Å². The number of anilines is 1. The Labute approximate surface area is 124 Å². The Balaban J connectivity index is 0.000000204. The van der Waals surface area contributed by atoms with Crippen LogP contribution in [0.1, 0.15) is 0 Å². The van der Waals surface area contributed by atoms with E-state index in [1.54, 1.807) is 6.07 Å². The molecule has 0 atom stereocenters. The van der Waals surface area contributed by atoms with Crippen LogP contribution in [0.3, 0.4) is 0 Å². The lowest BCUT2D eigenvalue weighted by Gasteiger charge is -1.95. The Bertz CT molecular complexity index is 658. The van der Waals surface area contributed by atoms with Gasteiger partial charge in [-0.2, -0.15) is 0 Å². The van der Waals surface area contributed by atoms with E-state index in [0.29, 0.717) is 15.7 Å². The Morgan fingerprint density at radius 3 is 2.05 bits per heavy atom. The van der Waals surface area contributed by atoms with Crippen molar-refractivity contribution in [3.63, 3.8) is 0 Å². The number of aromatic hydroxyl groups is 2. The van der Waals surface area contributed by atoms with Crippen molar-refractivity contribution < 1.29 is 10.2 Å². The number of nitrogens with two attached hydrogens (primary N) is 1. The molecule has 4 N–H and O–H groups in total. The van der Waals surface area contributed by atoms with Gasteiger partial charge in [-0.05, 0) is 41.9 Å². The molecule has 0 aliphatic heterocycles. The van der Waals surface area contributed by atoms with Crippen molar-refractivity contribution in [2.75, 3.05) is 5.73 Å². The fraction of sp³-hybridized carbons (Fsp3) is 0. The van der Waals surface area contributed by atoms with Crippen molar-refractivity contribution in [3.8, 4) is 11.5 Å². The first-order chi connectivity index (χ1) is 9.43. The average Bonchev–Trinajstić information content (AvgIpc) is 2.40. The maximum absolute atomic E-state index is 9.04. The minimum Gasteiger partial charge on any atom is -0.507 e. The maximum atomic E-state index is 9.04. The first kappa shape index (κ1) is 15.8. The van der Waals surface area contributed by atoms with Gasteiger partial charge < -0.3 is 15.9 Å². The average molecular weight is 313 g/mol. The third-order valence-corrected chi connectivity index (χ3v) is 2.55. The van der Waals surface area contributed by atoms with Gasteiger partial charge in [-0.3, -0.25) is 0 Å². The molecule has 0 saturated heterocycles. The Kier molecular flexibility index (Phi) is 5.80. The predicted octanol–water partition coefficient (Wildman–Crippen LogP) is 4.62. The lowest BCUT2D eigenvalue weighted by Crippen LogP contribution is -1.83. The van der Waals surface area contributed by atoms with Crippen molar-refractivity contribution in [1.82, 2.24) is 0 Å². The standard InChI is InChI=1S/C6H4ClN3O.C6H6ClNO/c7-4-1-2-6(11)5(3-4)9-10-8;7-4-1-2-6(9)5(8)3-4/h1-3,11H;1-3,9H,8H2. The summed E-state index contributed by atoms with van der Waals surface area (Å²) >= 11 is 11.1. The summed E-state index contributed by atoms with van der Waals surface area (Å²) in [7, 11) is 0. The summed E-state index contributed by atoms with van der Waals surface area (Å²) in [6.45, 7) is 0. The molecule has 2 aromatic rings. The van der Waals surface area contributed by atoms with Gasteiger partial charge in [0.15, 0.2) is 0 Å². The molecule has 0 aliphatic carbocycles. The zero-order chi connectivity index (χ0) is 15.1. The highest BCUT2D eigenvalue weighted by molar-refractivity contribution is 6.31. The molecule has 0 radical (unpaired) electrons. The van der Waals surface area contributed by atoms with E-state index in [9.17, 15) is 0 Å². The zero-order valence-electron chi connectivity index (χ0n) is 10.0. The summed E-state index contributed by atoms with van der Waals surface area (Å²) < 4.78 is 0. The number of azide groups is 1. The van der Waals surface area contributed by atoms with Gasteiger partial charge in [-0.15, -0.1) is 0 Å². The lowest BCUT2D eigenvalue weighted by atomic mass is 10.3.